The highest BCUT2D eigenvalue weighted by Crippen LogP contribution is 2.25. The highest BCUT2D eigenvalue weighted by atomic mass is 35.5. The number of carbonyl (C=O) groups is 1. The molecule has 0 amide bonds. The maximum absolute atomic E-state index is 13.1. The molecule has 0 bridgehead atoms. The summed E-state index contributed by atoms with van der Waals surface area (Å²) < 4.78 is 24.8. The van der Waals surface area contributed by atoms with E-state index in [2.05, 4.69) is 20.2 Å². The molecule has 4 aromatic rings. The molecule has 3 heterocycles. The Hall–Kier alpha value is -3.85. The van der Waals surface area contributed by atoms with Crippen LogP contribution in [0.5, 0.6) is 0 Å². The van der Waals surface area contributed by atoms with E-state index in [1.165, 1.54) is 29.0 Å². The van der Waals surface area contributed by atoms with Crippen molar-refractivity contribution in [2.24, 2.45) is 0 Å². The van der Waals surface area contributed by atoms with Crippen molar-refractivity contribution in [1.29, 1.82) is 0 Å². The van der Waals surface area contributed by atoms with Gasteiger partial charge in [0.25, 0.3) is 5.89 Å². The van der Waals surface area contributed by atoms with Crippen LogP contribution in [0.3, 0.4) is 0 Å². The highest BCUT2D eigenvalue weighted by Gasteiger charge is 2.14. The fourth-order valence-corrected chi connectivity index (χ4v) is 3.05. The topological polar surface area (TPSA) is 95.9 Å². The van der Waals surface area contributed by atoms with Crippen molar-refractivity contribution in [2.75, 3.05) is 0 Å². The predicted molar refractivity (Wildman–Crippen MR) is 110 cm³/mol. The van der Waals surface area contributed by atoms with E-state index < -0.39 is 5.97 Å². The van der Waals surface area contributed by atoms with Crippen LogP contribution in [0.2, 0.25) is 5.15 Å². The van der Waals surface area contributed by atoms with Gasteiger partial charge in [0, 0.05) is 29.6 Å². The molecule has 0 saturated heterocycles. The summed E-state index contributed by atoms with van der Waals surface area (Å²) in [4.78, 5) is 20.2. The van der Waals surface area contributed by atoms with Gasteiger partial charge in [0.1, 0.15) is 11.0 Å². The van der Waals surface area contributed by atoms with E-state index in [1.54, 1.807) is 43.6 Å². The first-order valence-corrected chi connectivity index (χ1v) is 9.48. The highest BCUT2D eigenvalue weighted by molar-refractivity contribution is 6.31. The van der Waals surface area contributed by atoms with Crippen molar-refractivity contribution in [3.8, 4) is 17.1 Å². The van der Waals surface area contributed by atoms with Crippen LogP contribution in [0.25, 0.3) is 23.2 Å². The van der Waals surface area contributed by atoms with Gasteiger partial charge in [-0.25, -0.2) is 13.9 Å². The summed E-state index contributed by atoms with van der Waals surface area (Å²) >= 11 is 6.39. The second kappa shape index (κ2) is 8.88. The average molecular weight is 440 g/mol. The summed E-state index contributed by atoms with van der Waals surface area (Å²) in [5, 5.41) is 8.45. The number of ether oxygens (including phenoxy) is 1. The third-order valence-electron chi connectivity index (χ3n) is 4.23. The molecular weight excluding hydrogens is 425 g/mol. The van der Waals surface area contributed by atoms with E-state index in [4.69, 9.17) is 20.9 Å². The Labute approximate surface area is 180 Å². The van der Waals surface area contributed by atoms with Gasteiger partial charge in [0.15, 0.2) is 6.61 Å². The molecule has 0 atom stereocenters. The molecule has 8 nitrogen and oxygen atoms in total. The van der Waals surface area contributed by atoms with E-state index in [1.807, 2.05) is 0 Å². The van der Waals surface area contributed by atoms with Crippen molar-refractivity contribution < 1.29 is 18.4 Å². The molecule has 0 spiro atoms. The monoisotopic (exact) mass is 439 g/mol. The number of aromatic nitrogens is 5. The van der Waals surface area contributed by atoms with Gasteiger partial charge in [-0.3, -0.25) is 4.98 Å². The van der Waals surface area contributed by atoms with Crippen molar-refractivity contribution in [3.05, 3.63) is 83.0 Å². The fourth-order valence-electron chi connectivity index (χ4n) is 2.71. The maximum Gasteiger partial charge on any atom is 0.331 e. The van der Waals surface area contributed by atoms with Crippen LogP contribution < -0.4 is 0 Å². The number of benzene rings is 1. The Balaban J connectivity index is 1.41. The molecular formula is C21H15ClFN5O3. The third kappa shape index (κ3) is 4.67. The Bertz CT molecular complexity index is 1240. The van der Waals surface area contributed by atoms with Gasteiger partial charge in [-0.15, -0.1) is 0 Å². The van der Waals surface area contributed by atoms with Gasteiger partial charge < -0.3 is 9.26 Å². The molecule has 0 aliphatic rings. The summed E-state index contributed by atoms with van der Waals surface area (Å²) in [7, 11) is 0. The smallest absolute Gasteiger partial charge is 0.331 e. The Kier molecular flexibility index (Phi) is 5.85. The van der Waals surface area contributed by atoms with Crippen LogP contribution in [0.4, 0.5) is 4.39 Å². The van der Waals surface area contributed by atoms with Crippen LogP contribution in [0, 0.1) is 12.7 Å². The molecule has 0 N–H and O–H groups in total. The molecule has 31 heavy (non-hydrogen) atoms. The molecule has 0 aliphatic carbocycles. The number of hydrogen-bond acceptors (Lipinski definition) is 7. The van der Waals surface area contributed by atoms with Crippen molar-refractivity contribution in [3.63, 3.8) is 0 Å². The Morgan fingerprint density at radius 1 is 1.29 bits per heavy atom. The van der Waals surface area contributed by atoms with Gasteiger partial charge in [0.05, 0.1) is 11.4 Å². The summed E-state index contributed by atoms with van der Waals surface area (Å²) in [6.07, 6.45) is 5.96. The van der Waals surface area contributed by atoms with E-state index in [0.717, 1.165) is 0 Å². The standard InChI is InChI=1S/C21H15ClFN5O3/c1-13-17(20(22)28(26-13)16-6-4-15(23)5-7-16)8-9-19(29)30-12-18-25-21(27-31-18)14-3-2-10-24-11-14/h2-11H,12H2,1H3/b9-8+. The van der Waals surface area contributed by atoms with Gasteiger partial charge >= 0.3 is 5.97 Å². The van der Waals surface area contributed by atoms with Gasteiger partial charge in [0.2, 0.25) is 5.82 Å². The number of pyridine rings is 1. The minimum Gasteiger partial charge on any atom is -0.452 e. The second-order valence-electron chi connectivity index (χ2n) is 6.37. The number of hydrogen-bond donors (Lipinski definition) is 0. The lowest BCUT2D eigenvalue weighted by molar-refractivity contribution is -0.139. The number of esters is 1. The molecule has 1 aromatic carbocycles. The quantitative estimate of drug-likeness (QED) is 0.328. The van der Waals surface area contributed by atoms with Crippen molar-refractivity contribution in [1.82, 2.24) is 24.9 Å². The van der Waals surface area contributed by atoms with Crippen LogP contribution in [0.1, 0.15) is 17.1 Å². The molecule has 10 heteroatoms. The molecule has 0 fully saturated rings. The summed E-state index contributed by atoms with van der Waals surface area (Å²) in [5.74, 6) is -0.476. The lowest BCUT2D eigenvalue weighted by Gasteiger charge is -2.02. The maximum atomic E-state index is 13.1. The van der Waals surface area contributed by atoms with Gasteiger partial charge in [-0.1, -0.05) is 16.8 Å². The van der Waals surface area contributed by atoms with Crippen LogP contribution >= 0.6 is 11.6 Å². The largest absolute Gasteiger partial charge is 0.452 e. The average Bonchev–Trinajstić information content (AvgIpc) is 3.37. The lowest BCUT2D eigenvalue weighted by atomic mass is 10.2. The van der Waals surface area contributed by atoms with E-state index >= 15 is 0 Å². The second-order valence-corrected chi connectivity index (χ2v) is 6.73. The number of halogens is 2. The van der Waals surface area contributed by atoms with E-state index in [0.29, 0.717) is 28.3 Å². The number of nitrogens with zero attached hydrogens (tertiary/aromatic N) is 5. The third-order valence-corrected chi connectivity index (χ3v) is 4.59. The SMILES string of the molecule is Cc1nn(-c2ccc(F)cc2)c(Cl)c1/C=C/C(=O)OCc1nc(-c2cccnc2)no1. The van der Waals surface area contributed by atoms with E-state index in [9.17, 15) is 9.18 Å². The normalized spacial score (nSPS) is 11.2. The molecule has 156 valence electrons. The molecule has 0 radical (unpaired) electrons. The summed E-state index contributed by atoms with van der Waals surface area (Å²) in [6.45, 7) is 1.56. The molecule has 0 unspecified atom stereocenters. The molecule has 4 rings (SSSR count). The summed E-state index contributed by atoms with van der Waals surface area (Å²) in [6, 6.07) is 9.27. The minimum absolute atomic E-state index is 0.152. The lowest BCUT2D eigenvalue weighted by Crippen LogP contribution is -2.01. The Morgan fingerprint density at radius 3 is 2.84 bits per heavy atom. The number of carbonyl (C=O) groups excluding carboxylic acids is 1. The van der Waals surface area contributed by atoms with E-state index in [-0.39, 0.29) is 23.5 Å². The number of aryl methyl sites for hydroxylation is 1. The van der Waals surface area contributed by atoms with Crippen LogP contribution in [-0.2, 0) is 16.1 Å². The zero-order valence-corrected chi connectivity index (χ0v) is 17.0. The first-order valence-electron chi connectivity index (χ1n) is 9.10. The molecule has 0 saturated carbocycles. The zero-order chi connectivity index (χ0) is 21.8. The fraction of sp³-hybridized carbons (Fsp3) is 0.0952. The first-order chi connectivity index (χ1) is 15.0. The predicted octanol–water partition coefficient (Wildman–Crippen LogP) is 4.17. The van der Waals surface area contributed by atoms with Crippen LogP contribution in [0.15, 0.2) is 59.4 Å². The minimum atomic E-state index is -0.619. The Morgan fingerprint density at radius 2 is 2.10 bits per heavy atom. The van der Waals surface area contributed by atoms with Crippen molar-refractivity contribution >= 4 is 23.6 Å². The zero-order valence-electron chi connectivity index (χ0n) is 16.2. The number of rotatable bonds is 6. The molecule has 0 aliphatic heterocycles. The van der Waals surface area contributed by atoms with Gasteiger partial charge in [-0.05, 0) is 49.4 Å². The van der Waals surface area contributed by atoms with Crippen LogP contribution in [-0.4, -0.2) is 30.9 Å². The summed E-state index contributed by atoms with van der Waals surface area (Å²) in [5.41, 5.74) is 2.42. The van der Waals surface area contributed by atoms with Gasteiger partial charge in [-0.2, -0.15) is 10.1 Å². The van der Waals surface area contributed by atoms with Crippen molar-refractivity contribution in [2.45, 2.75) is 13.5 Å². The first kappa shape index (κ1) is 20.4. The molecule has 3 aromatic heterocycles.